The van der Waals surface area contributed by atoms with Crippen molar-refractivity contribution >= 4 is 33.2 Å². The highest BCUT2D eigenvalue weighted by Crippen LogP contribution is 2.26. The highest BCUT2D eigenvalue weighted by molar-refractivity contribution is 9.10. The molecule has 0 amide bonds. The third kappa shape index (κ3) is 3.64. The molecule has 3 aromatic heterocycles. The molecule has 136 valence electrons. The Morgan fingerprint density at radius 3 is 2.59 bits per heavy atom. The summed E-state index contributed by atoms with van der Waals surface area (Å²) in [5, 5.41) is 7.89. The van der Waals surface area contributed by atoms with Crippen molar-refractivity contribution in [3.8, 4) is 11.3 Å². The van der Waals surface area contributed by atoms with E-state index in [9.17, 15) is 0 Å². The Balaban J connectivity index is 1.66. The van der Waals surface area contributed by atoms with Crippen molar-refractivity contribution in [1.29, 1.82) is 0 Å². The molecule has 4 rings (SSSR count). The number of anilines is 2. The van der Waals surface area contributed by atoms with Crippen molar-refractivity contribution in [2.45, 2.75) is 6.54 Å². The zero-order chi connectivity index (χ0) is 18.8. The maximum Gasteiger partial charge on any atom is 0.172 e. The van der Waals surface area contributed by atoms with Crippen molar-refractivity contribution in [2.24, 2.45) is 0 Å². The minimum absolute atomic E-state index is 0.644. The van der Waals surface area contributed by atoms with Crippen LogP contribution in [0, 0.1) is 0 Å². The van der Waals surface area contributed by atoms with Crippen molar-refractivity contribution < 1.29 is 0 Å². The lowest BCUT2D eigenvalue weighted by Gasteiger charge is -2.13. The molecule has 0 radical (unpaired) electrons. The van der Waals surface area contributed by atoms with E-state index in [1.54, 1.807) is 10.7 Å². The van der Waals surface area contributed by atoms with Crippen molar-refractivity contribution in [2.75, 3.05) is 24.3 Å². The van der Waals surface area contributed by atoms with Crippen LogP contribution in [0.2, 0.25) is 0 Å². The van der Waals surface area contributed by atoms with Crippen LogP contribution in [-0.4, -0.2) is 33.7 Å². The third-order valence-corrected chi connectivity index (χ3v) is 4.80. The summed E-state index contributed by atoms with van der Waals surface area (Å²) >= 11 is 3.54. The van der Waals surface area contributed by atoms with E-state index >= 15 is 0 Å². The summed E-state index contributed by atoms with van der Waals surface area (Å²) in [5.74, 6) is 1.81. The summed E-state index contributed by atoms with van der Waals surface area (Å²) in [6, 6.07) is 16.2. The zero-order valence-electron chi connectivity index (χ0n) is 15.1. The highest BCUT2D eigenvalue weighted by atomic mass is 79.9. The molecule has 3 heterocycles. The summed E-state index contributed by atoms with van der Waals surface area (Å²) in [6.45, 7) is 0.644. The highest BCUT2D eigenvalue weighted by Gasteiger charge is 2.11. The maximum absolute atomic E-state index is 4.75. The second-order valence-electron chi connectivity index (χ2n) is 6.39. The van der Waals surface area contributed by atoms with Crippen LogP contribution in [0.5, 0.6) is 0 Å². The van der Waals surface area contributed by atoms with Gasteiger partial charge in [0.2, 0.25) is 0 Å². The quantitative estimate of drug-likeness (QED) is 0.521. The number of nitrogens with one attached hydrogen (secondary N) is 1. The van der Waals surface area contributed by atoms with E-state index in [2.05, 4.69) is 49.5 Å². The fourth-order valence-electron chi connectivity index (χ4n) is 2.80. The molecule has 0 bridgehead atoms. The van der Waals surface area contributed by atoms with Crippen LogP contribution in [0.1, 0.15) is 5.56 Å². The summed E-state index contributed by atoms with van der Waals surface area (Å²) < 4.78 is 2.67. The minimum atomic E-state index is 0.644. The van der Waals surface area contributed by atoms with E-state index < -0.39 is 0 Å². The fourth-order valence-corrected chi connectivity index (χ4v) is 3.15. The van der Waals surface area contributed by atoms with Gasteiger partial charge in [0.1, 0.15) is 11.6 Å². The second kappa shape index (κ2) is 7.36. The van der Waals surface area contributed by atoms with Crippen molar-refractivity contribution in [3.63, 3.8) is 0 Å². The van der Waals surface area contributed by atoms with Gasteiger partial charge in [0.15, 0.2) is 5.65 Å². The SMILES string of the molecule is CN(C)c1ccc(CNc2cc(-c3ccccc3)nc3c(Br)cnn23)cn1. The summed E-state index contributed by atoms with van der Waals surface area (Å²) in [4.78, 5) is 11.2. The normalized spacial score (nSPS) is 10.9. The summed E-state index contributed by atoms with van der Waals surface area (Å²) in [5.41, 5.74) is 3.83. The maximum atomic E-state index is 4.75. The van der Waals surface area contributed by atoms with Gasteiger partial charge in [-0.05, 0) is 27.6 Å². The number of aromatic nitrogens is 4. The number of halogens is 1. The molecule has 4 aromatic rings. The van der Waals surface area contributed by atoms with E-state index in [4.69, 9.17) is 4.98 Å². The molecule has 0 aliphatic heterocycles. The minimum Gasteiger partial charge on any atom is -0.366 e. The molecule has 0 atom stereocenters. The monoisotopic (exact) mass is 422 g/mol. The van der Waals surface area contributed by atoms with Crippen LogP contribution in [0.15, 0.2) is 65.4 Å². The lowest BCUT2D eigenvalue weighted by atomic mass is 10.1. The molecule has 0 saturated carbocycles. The topological polar surface area (TPSA) is 58.3 Å². The first-order chi connectivity index (χ1) is 13.1. The summed E-state index contributed by atoms with van der Waals surface area (Å²) in [6.07, 6.45) is 3.65. The molecule has 27 heavy (non-hydrogen) atoms. The molecule has 0 aliphatic rings. The van der Waals surface area contributed by atoms with Crippen LogP contribution in [0.25, 0.3) is 16.9 Å². The molecule has 1 N–H and O–H groups in total. The van der Waals surface area contributed by atoms with Gasteiger partial charge in [-0.15, -0.1) is 0 Å². The number of rotatable bonds is 5. The van der Waals surface area contributed by atoms with Gasteiger partial charge in [-0.2, -0.15) is 9.61 Å². The van der Waals surface area contributed by atoms with Gasteiger partial charge in [0.25, 0.3) is 0 Å². The molecule has 0 spiro atoms. The molecule has 0 aliphatic carbocycles. The molecular formula is C20H19BrN6. The van der Waals surface area contributed by atoms with E-state index in [1.165, 1.54) is 0 Å². The zero-order valence-corrected chi connectivity index (χ0v) is 16.7. The second-order valence-corrected chi connectivity index (χ2v) is 7.25. The van der Waals surface area contributed by atoms with Crippen molar-refractivity contribution in [3.05, 3.63) is 71.0 Å². The predicted octanol–water partition coefficient (Wildman–Crippen LogP) is 4.23. The smallest absolute Gasteiger partial charge is 0.172 e. The number of hydrogen-bond donors (Lipinski definition) is 1. The number of pyridine rings is 1. The Bertz CT molecular complexity index is 1060. The number of fused-ring (bicyclic) bond motifs is 1. The molecule has 1 aromatic carbocycles. The molecule has 0 unspecified atom stereocenters. The van der Waals surface area contributed by atoms with Gasteiger partial charge in [-0.25, -0.2) is 9.97 Å². The van der Waals surface area contributed by atoms with Gasteiger partial charge >= 0.3 is 0 Å². The van der Waals surface area contributed by atoms with Gasteiger partial charge in [-0.3, -0.25) is 0 Å². The lowest BCUT2D eigenvalue weighted by Crippen LogP contribution is -2.11. The average molecular weight is 423 g/mol. The average Bonchev–Trinajstić information content (AvgIpc) is 3.08. The molecule has 6 nitrogen and oxygen atoms in total. The van der Waals surface area contributed by atoms with Crippen LogP contribution in [0.3, 0.4) is 0 Å². The Labute approximate surface area is 166 Å². The number of hydrogen-bond acceptors (Lipinski definition) is 5. The first-order valence-corrected chi connectivity index (χ1v) is 9.37. The van der Waals surface area contributed by atoms with Crippen LogP contribution in [-0.2, 0) is 6.54 Å². The first kappa shape index (κ1) is 17.5. The fraction of sp³-hybridized carbons (Fsp3) is 0.150. The summed E-state index contributed by atoms with van der Waals surface area (Å²) in [7, 11) is 3.96. The molecule has 7 heteroatoms. The van der Waals surface area contributed by atoms with Gasteiger partial charge in [-0.1, -0.05) is 36.4 Å². The van der Waals surface area contributed by atoms with Crippen LogP contribution >= 0.6 is 15.9 Å². The standard InChI is InChI=1S/C20H19BrN6/c1-26(2)18-9-8-14(11-22-18)12-23-19-10-17(15-6-4-3-5-7-15)25-20-16(21)13-24-27(19)20/h3-11,13,23H,12H2,1-2H3. The Hall–Kier alpha value is -2.93. The lowest BCUT2D eigenvalue weighted by molar-refractivity contribution is 0.924. The first-order valence-electron chi connectivity index (χ1n) is 8.57. The van der Waals surface area contributed by atoms with Gasteiger partial charge < -0.3 is 10.2 Å². The Kier molecular flexibility index (Phi) is 4.77. The third-order valence-electron chi connectivity index (χ3n) is 4.24. The predicted molar refractivity (Wildman–Crippen MR) is 112 cm³/mol. The molecular weight excluding hydrogens is 404 g/mol. The largest absolute Gasteiger partial charge is 0.366 e. The van der Waals surface area contributed by atoms with Gasteiger partial charge in [0.05, 0.1) is 16.4 Å². The van der Waals surface area contributed by atoms with Crippen molar-refractivity contribution in [1.82, 2.24) is 19.6 Å². The molecule has 0 fully saturated rings. The number of benzene rings is 1. The van der Waals surface area contributed by atoms with Crippen LogP contribution < -0.4 is 10.2 Å². The Morgan fingerprint density at radius 1 is 1.07 bits per heavy atom. The molecule has 0 saturated heterocycles. The van der Waals surface area contributed by atoms with E-state index in [0.29, 0.717) is 6.54 Å². The Morgan fingerprint density at radius 2 is 1.89 bits per heavy atom. The van der Waals surface area contributed by atoms with E-state index in [0.717, 1.165) is 38.6 Å². The van der Waals surface area contributed by atoms with Crippen LogP contribution in [0.4, 0.5) is 11.6 Å². The number of nitrogens with zero attached hydrogens (tertiary/aromatic N) is 5. The van der Waals surface area contributed by atoms with E-state index in [-0.39, 0.29) is 0 Å². The van der Waals surface area contributed by atoms with E-state index in [1.807, 2.05) is 55.5 Å². The van der Waals surface area contributed by atoms with Gasteiger partial charge in [0, 0.05) is 38.5 Å².